The molecule has 4 rings (SSSR count). The standard InChI is InChI=1S/C17H14O5/c1-19-11-3-5-14-13(7-11)12(8-17(18)22-14)10-2-4-15-16(6-10)21-9-20-15/h2-7,12H,8-9H2,1H3/t12-/m1/s1. The van der Waals surface area contributed by atoms with Crippen LogP contribution < -0.4 is 18.9 Å². The number of esters is 1. The first kappa shape index (κ1) is 13.0. The van der Waals surface area contributed by atoms with Crippen LogP contribution in [0.1, 0.15) is 23.5 Å². The fraction of sp³-hybridized carbons (Fsp3) is 0.235. The van der Waals surface area contributed by atoms with E-state index < -0.39 is 0 Å². The minimum atomic E-state index is -0.236. The summed E-state index contributed by atoms with van der Waals surface area (Å²) in [4.78, 5) is 11.9. The number of benzene rings is 2. The van der Waals surface area contributed by atoms with E-state index in [1.54, 1.807) is 19.2 Å². The Balaban J connectivity index is 1.80. The van der Waals surface area contributed by atoms with Gasteiger partial charge in [-0.1, -0.05) is 6.07 Å². The summed E-state index contributed by atoms with van der Waals surface area (Å²) in [7, 11) is 1.62. The van der Waals surface area contributed by atoms with E-state index >= 15 is 0 Å². The Morgan fingerprint density at radius 2 is 1.86 bits per heavy atom. The highest BCUT2D eigenvalue weighted by Crippen LogP contribution is 2.43. The number of carbonyl (C=O) groups is 1. The summed E-state index contributed by atoms with van der Waals surface area (Å²) in [5.41, 5.74) is 1.94. The number of methoxy groups -OCH3 is 1. The monoisotopic (exact) mass is 298 g/mol. The highest BCUT2D eigenvalue weighted by molar-refractivity contribution is 5.78. The van der Waals surface area contributed by atoms with Crippen molar-refractivity contribution in [2.45, 2.75) is 12.3 Å². The maximum atomic E-state index is 11.9. The maximum Gasteiger partial charge on any atom is 0.312 e. The van der Waals surface area contributed by atoms with E-state index in [1.807, 2.05) is 24.3 Å². The van der Waals surface area contributed by atoms with Crippen LogP contribution >= 0.6 is 0 Å². The van der Waals surface area contributed by atoms with Gasteiger partial charge in [0.05, 0.1) is 13.5 Å². The van der Waals surface area contributed by atoms with Crippen LogP contribution in [0.15, 0.2) is 36.4 Å². The molecule has 2 aromatic carbocycles. The normalized spacial score (nSPS) is 18.6. The lowest BCUT2D eigenvalue weighted by Gasteiger charge is -2.25. The Hall–Kier alpha value is -2.69. The molecule has 5 nitrogen and oxygen atoms in total. The van der Waals surface area contributed by atoms with Crippen LogP contribution in [-0.2, 0) is 4.79 Å². The van der Waals surface area contributed by atoms with Gasteiger partial charge in [-0.3, -0.25) is 4.79 Å². The van der Waals surface area contributed by atoms with E-state index in [4.69, 9.17) is 18.9 Å². The van der Waals surface area contributed by atoms with Crippen molar-refractivity contribution in [2.75, 3.05) is 13.9 Å². The quantitative estimate of drug-likeness (QED) is 0.630. The van der Waals surface area contributed by atoms with Gasteiger partial charge in [0.25, 0.3) is 0 Å². The molecule has 0 fully saturated rings. The summed E-state index contributed by atoms with van der Waals surface area (Å²) in [6.45, 7) is 0.232. The van der Waals surface area contributed by atoms with Crippen LogP contribution in [0.25, 0.3) is 0 Å². The van der Waals surface area contributed by atoms with Gasteiger partial charge in [-0.15, -0.1) is 0 Å². The molecule has 0 saturated heterocycles. The van der Waals surface area contributed by atoms with Gasteiger partial charge < -0.3 is 18.9 Å². The third-order valence-electron chi connectivity index (χ3n) is 3.99. The summed E-state index contributed by atoms with van der Waals surface area (Å²) in [6, 6.07) is 11.2. The summed E-state index contributed by atoms with van der Waals surface area (Å²) in [6.07, 6.45) is 0.291. The van der Waals surface area contributed by atoms with Crippen molar-refractivity contribution in [3.05, 3.63) is 47.5 Å². The first-order valence-corrected chi connectivity index (χ1v) is 7.03. The topological polar surface area (TPSA) is 54.0 Å². The van der Waals surface area contributed by atoms with E-state index in [0.29, 0.717) is 17.9 Å². The zero-order valence-corrected chi connectivity index (χ0v) is 12.0. The van der Waals surface area contributed by atoms with Crippen LogP contribution in [0.2, 0.25) is 0 Å². The minimum absolute atomic E-state index is 0.0825. The fourth-order valence-electron chi connectivity index (χ4n) is 2.89. The molecule has 0 saturated carbocycles. The van der Waals surface area contributed by atoms with Crippen LogP contribution in [0.5, 0.6) is 23.0 Å². The molecule has 1 atom stereocenters. The molecule has 0 aliphatic carbocycles. The molecule has 2 aromatic rings. The Morgan fingerprint density at radius 1 is 1.05 bits per heavy atom. The fourth-order valence-corrected chi connectivity index (χ4v) is 2.89. The summed E-state index contributed by atoms with van der Waals surface area (Å²) < 4.78 is 21.4. The molecule has 0 amide bonds. The van der Waals surface area contributed by atoms with E-state index in [1.165, 1.54) is 0 Å². The van der Waals surface area contributed by atoms with Crippen molar-refractivity contribution >= 4 is 5.97 Å². The van der Waals surface area contributed by atoms with Crippen LogP contribution in [0.4, 0.5) is 0 Å². The van der Waals surface area contributed by atoms with E-state index in [0.717, 1.165) is 22.6 Å². The number of rotatable bonds is 2. The van der Waals surface area contributed by atoms with Gasteiger partial charge in [-0.25, -0.2) is 0 Å². The highest BCUT2D eigenvalue weighted by Gasteiger charge is 2.30. The molecule has 0 aromatic heterocycles. The van der Waals surface area contributed by atoms with Gasteiger partial charge in [0.15, 0.2) is 11.5 Å². The van der Waals surface area contributed by atoms with Crippen LogP contribution in [-0.4, -0.2) is 19.9 Å². The lowest BCUT2D eigenvalue weighted by molar-refractivity contribution is -0.135. The molecule has 0 N–H and O–H groups in total. The second-order valence-electron chi connectivity index (χ2n) is 5.25. The number of fused-ring (bicyclic) bond motifs is 2. The van der Waals surface area contributed by atoms with Crippen molar-refractivity contribution in [2.24, 2.45) is 0 Å². The van der Waals surface area contributed by atoms with E-state index in [9.17, 15) is 4.79 Å². The Labute approximate surface area is 127 Å². The van der Waals surface area contributed by atoms with Crippen molar-refractivity contribution in [3.8, 4) is 23.0 Å². The molecule has 0 spiro atoms. The SMILES string of the molecule is COc1ccc2c(c1)[C@@H](c1ccc3c(c1)OCO3)CC(=O)O2. The van der Waals surface area contributed by atoms with Crippen molar-refractivity contribution in [1.82, 2.24) is 0 Å². The predicted molar refractivity (Wildman–Crippen MR) is 77.7 cm³/mol. The molecule has 2 aliphatic heterocycles. The van der Waals surface area contributed by atoms with Gasteiger partial charge in [-0.2, -0.15) is 0 Å². The number of ether oxygens (including phenoxy) is 4. The molecular weight excluding hydrogens is 284 g/mol. The molecule has 22 heavy (non-hydrogen) atoms. The number of hydrogen-bond acceptors (Lipinski definition) is 5. The maximum absolute atomic E-state index is 11.9. The summed E-state index contributed by atoms with van der Waals surface area (Å²) in [5.74, 6) is 2.44. The van der Waals surface area contributed by atoms with Gasteiger partial charge in [0.2, 0.25) is 6.79 Å². The third kappa shape index (κ3) is 2.06. The first-order valence-electron chi connectivity index (χ1n) is 7.03. The molecule has 0 unspecified atom stereocenters. The Morgan fingerprint density at radius 3 is 2.73 bits per heavy atom. The largest absolute Gasteiger partial charge is 0.497 e. The average Bonchev–Trinajstić information content (AvgIpc) is 3.01. The zero-order valence-electron chi connectivity index (χ0n) is 12.0. The molecule has 2 heterocycles. The highest BCUT2D eigenvalue weighted by atomic mass is 16.7. The van der Waals surface area contributed by atoms with Gasteiger partial charge in [-0.05, 0) is 35.9 Å². The zero-order chi connectivity index (χ0) is 15.1. The van der Waals surface area contributed by atoms with Crippen molar-refractivity contribution < 1.29 is 23.7 Å². The number of hydrogen-bond donors (Lipinski definition) is 0. The Bertz CT molecular complexity index is 753. The average molecular weight is 298 g/mol. The second kappa shape index (κ2) is 4.94. The molecule has 0 radical (unpaired) electrons. The molecule has 0 bridgehead atoms. The lowest BCUT2D eigenvalue weighted by Crippen LogP contribution is -2.21. The van der Waals surface area contributed by atoms with Crippen LogP contribution in [0.3, 0.4) is 0 Å². The molecule has 112 valence electrons. The molecular formula is C17H14O5. The third-order valence-corrected chi connectivity index (χ3v) is 3.99. The number of carbonyl (C=O) groups excluding carboxylic acids is 1. The second-order valence-corrected chi connectivity index (χ2v) is 5.25. The lowest BCUT2D eigenvalue weighted by atomic mass is 9.86. The summed E-state index contributed by atoms with van der Waals surface area (Å²) in [5, 5.41) is 0. The Kier molecular flexibility index (Phi) is 2.92. The van der Waals surface area contributed by atoms with Gasteiger partial charge in [0.1, 0.15) is 11.5 Å². The van der Waals surface area contributed by atoms with E-state index in [-0.39, 0.29) is 18.7 Å². The van der Waals surface area contributed by atoms with Crippen molar-refractivity contribution in [3.63, 3.8) is 0 Å². The molecule has 2 aliphatic rings. The van der Waals surface area contributed by atoms with Crippen molar-refractivity contribution in [1.29, 1.82) is 0 Å². The first-order chi connectivity index (χ1) is 10.7. The predicted octanol–water partition coefficient (Wildman–Crippen LogP) is 2.86. The minimum Gasteiger partial charge on any atom is -0.497 e. The molecule has 5 heteroatoms. The van der Waals surface area contributed by atoms with Crippen LogP contribution in [0, 0.1) is 0 Å². The summed E-state index contributed by atoms with van der Waals surface area (Å²) >= 11 is 0. The van der Waals surface area contributed by atoms with Gasteiger partial charge >= 0.3 is 5.97 Å². The van der Waals surface area contributed by atoms with Gasteiger partial charge in [0, 0.05) is 11.5 Å². The van der Waals surface area contributed by atoms with E-state index in [2.05, 4.69) is 0 Å². The smallest absolute Gasteiger partial charge is 0.312 e.